The molecule has 1 rings (SSSR count). The summed E-state index contributed by atoms with van der Waals surface area (Å²) >= 11 is 0. The fraction of sp³-hybridized carbons (Fsp3) is 0.0909. The number of hydrogen-bond donors (Lipinski definition) is 0. The molecular formula is C11H10. The molecule has 0 heteroatoms. The Hall–Kier alpha value is -1.48. The Morgan fingerprint density at radius 3 is 2.45 bits per heavy atom. The second kappa shape index (κ2) is 3.63. The maximum Gasteiger partial charge on any atom is 0.0627 e. The van der Waals surface area contributed by atoms with Crippen molar-refractivity contribution in [2.45, 2.75) is 5.92 Å². The van der Waals surface area contributed by atoms with E-state index in [4.69, 9.17) is 6.42 Å². The van der Waals surface area contributed by atoms with Gasteiger partial charge in [0.1, 0.15) is 0 Å². The van der Waals surface area contributed by atoms with Gasteiger partial charge in [-0.05, 0) is 5.56 Å². The predicted octanol–water partition coefficient (Wildman–Crippen LogP) is 2.59. The van der Waals surface area contributed by atoms with Gasteiger partial charge in [-0.25, -0.2) is 0 Å². The van der Waals surface area contributed by atoms with Crippen molar-refractivity contribution in [1.82, 2.24) is 0 Å². The Morgan fingerprint density at radius 1 is 1.36 bits per heavy atom. The third kappa shape index (κ3) is 1.72. The Labute approximate surface area is 67.6 Å². The number of allylic oxidation sites excluding steroid dienone is 1. The monoisotopic (exact) mass is 142 g/mol. The van der Waals surface area contributed by atoms with Crippen LogP contribution in [0.2, 0.25) is 0 Å². The molecule has 0 aliphatic carbocycles. The van der Waals surface area contributed by atoms with Crippen molar-refractivity contribution < 1.29 is 0 Å². The van der Waals surface area contributed by atoms with Crippen LogP contribution in [0.15, 0.2) is 43.0 Å². The molecule has 11 heavy (non-hydrogen) atoms. The van der Waals surface area contributed by atoms with Gasteiger partial charge in [0.25, 0.3) is 0 Å². The minimum Gasteiger partial charge on any atom is -0.119 e. The molecule has 0 aliphatic rings. The summed E-state index contributed by atoms with van der Waals surface area (Å²) in [5.41, 5.74) is 1.13. The zero-order valence-corrected chi connectivity index (χ0v) is 6.33. The molecule has 0 radical (unpaired) electrons. The lowest BCUT2D eigenvalue weighted by atomic mass is 10.0. The van der Waals surface area contributed by atoms with Crippen LogP contribution in [0.25, 0.3) is 0 Å². The summed E-state index contributed by atoms with van der Waals surface area (Å²) in [5, 5.41) is 0. The molecule has 0 nitrogen and oxygen atoms in total. The molecule has 0 saturated heterocycles. The van der Waals surface area contributed by atoms with Crippen molar-refractivity contribution in [3.63, 3.8) is 0 Å². The van der Waals surface area contributed by atoms with Crippen LogP contribution in [0.5, 0.6) is 0 Å². The molecule has 54 valence electrons. The minimum atomic E-state index is 0.0520. The van der Waals surface area contributed by atoms with Crippen molar-refractivity contribution in [2.24, 2.45) is 0 Å². The number of benzene rings is 1. The van der Waals surface area contributed by atoms with E-state index in [1.54, 1.807) is 6.08 Å². The molecule has 0 aromatic heterocycles. The molecule has 0 spiro atoms. The molecule has 1 atom stereocenters. The summed E-state index contributed by atoms with van der Waals surface area (Å²) in [6, 6.07) is 9.94. The van der Waals surface area contributed by atoms with E-state index in [0.29, 0.717) is 0 Å². The third-order valence-corrected chi connectivity index (χ3v) is 1.57. The Morgan fingerprint density at radius 2 is 2.00 bits per heavy atom. The zero-order chi connectivity index (χ0) is 8.10. The molecule has 1 aromatic rings. The summed E-state index contributed by atoms with van der Waals surface area (Å²) in [6.07, 6.45) is 7.07. The van der Waals surface area contributed by atoms with Gasteiger partial charge in [0.05, 0.1) is 5.92 Å². The first-order valence-electron chi connectivity index (χ1n) is 3.52. The number of terminal acetylenes is 1. The highest BCUT2D eigenvalue weighted by Crippen LogP contribution is 2.14. The fourth-order valence-electron chi connectivity index (χ4n) is 0.961. The SMILES string of the molecule is C#CC(C=C)c1ccccc1. The first kappa shape index (κ1) is 7.63. The van der Waals surface area contributed by atoms with Gasteiger partial charge in [0.15, 0.2) is 0 Å². The molecule has 0 bridgehead atoms. The molecule has 1 aromatic carbocycles. The molecule has 0 N–H and O–H groups in total. The van der Waals surface area contributed by atoms with Crippen LogP contribution in [0.3, 0.4) is 0 Å². The maximum absolute atomic E-state index is 5.29. The zero-order valence-electron chi connectivity index (χ0n) is 6.33. The largest absolute Gasteiger partial charge is 0.119 e. The molecule has 0 amide bonds. The van der Waals surface area contributed by atoms with Gasteiger partial charge in [-0.1, -0.05) is 42.3 Å². The van der Waals surface area contributed by atoms with Gasteiger partial charge in [0.2, 0.25) is 0 Å². The molecule has 0 fully saturated rings. The van der Waals surface area contributed by atoms with Crippen molar-refractivity contribution in [2.75, 3.05) is 0 Å². The van der Waals surface area contributed by atoms with Crippen LogP contribution in [0.4, 0.5) is 0 Å². The predicted molar refractivity (Wildman–Crippen MR) is 48.2 cm³/mol. The van der Waals surface area contributed by atoms with Crippen molar-refractivity contribution >= 4 is 0 Å². The van der Waals surface area contributed by atoms with Crippen molar-refractivity contribution in [3.05, 3.63) is 48.6 Å². The van der Waals surface area contributed by atoms with Crippen LogP contribution < -0.4 is 0 Å². The lowest BCUT2D eigenvalue weighted by Crippen LogP contribution is -1.88. The van der Waals surface area contributed by atoms with E-state index >= 15 is 0 Å². The Bertz CT molecular complexity index is 264. The van der Waals surface area contributed by atoms with Crippen molar-refractivity contribution in [1.29, 1.82) is 0 Å². The van der Waals surface area contributed by atoms with Gasteiger partial charge in [0, 0.05) is 0 Å². The van der Waals surface area contributed by atoms with Gasteiger partial charge in [-0.15, -0.1) is 13.0 Å². The fourth-order valence-corrected chi connectivity index (χ4v) is 0.961. The molecule has 0 heterocycles. The summed E-state index contributed by atoms with van der Waals surface area (Å²) in [5.74, 6) is 2.70. The van der Waals surface area contributed by atoms with E-state index in [9.17, 15) is 0 Å². The average Bonchev–Trinajstić information content (AvgIpc) is 2.09. The van der Waals surface area contributed by atoms with Crippen molar-refractivity contribution in [3.8, 4) is 12.3 Å². The summed E-state index contributed by atoms with van der Waals surface area (Å²) in [6.45, 7) is 3.67. The van der Waals surface area contributed by atoms with Gasteiger partial charge in [-0.2, -0.15) is 0 Å². The third-order valence-electron chi connectivity index (χ3n) is 1.57. The van der Waals surface area contributed by atoms with E-state index in [-0.39, 0.29) is 5.92 Å². The standard InChI is InChI=1S/C11H10/c1-3-10(4-2)11-8-6-5-7-9-11/h1,4-10H,2H2. The first-order valence-corrected chi connectivity index (χ1v) is 3.52. The van der Waals surface area contributed by atoms with Gasteiger partial charge >= 0.3 is 0 Å². The lowest BCUT2D eigenvalue weighted by Gasteiger charge is -2.02. The highest BCUT2D eigenvalue weighted by Gasteiger charge is 1.99. The topological polar surface area (TPSA) is 0 Å². The van der Waals surface area contributed by atoms with E-state index in [0.717, 1.165) is 5.56 Å². The molecular weight excluding hydrogens is 132 g/mol. The second-order valence-electron chi connectivity index (χ2n) is 2.29. The lowest BCUT2D eigenvalue weighted by molar-refractivity contribution is 1.13. The molecule has 0 saturated carbocycles. The number of hydrogen-bond acceptors (Lipinski definition) is 0. The van der Waals surface area contributed by atoms with E-state index in [2.05, 4.69) is 12.5 Å². The summed E-state index contributed by atoms with van der Waals surface area (Å²) in [7, 11) is 0. The maximum atomic E-state index is 5.29. The normalized spacial score (nSPS) is 11.5. The van der Waals surface area contributed by atoms with Crippen LogP contribution in [-0.2, 0) is 0 Å². The van der Waals surface area contributed by atoms with E-state index < -0.39 is 0 Å². The van der Waals surface area contributed by atoms with E-state index in [1.165, 1.54) is 0 Å². The van der Waals surface area contributed by atoms with E-state index in [1.807, 2.05) is 30.3 Å². The molecule has 0 aliphatic heterocycles. The highest BCUT2D eigenvalue weighted by molar-refractivity contribution is 5.30. The Balaban J connectivity index is 2.93. The minimum absolute atomic E-state index is 0.0520. The molecule has 1 unspecified atom stereocenters. The van der Waals surface area contributed by atoms with Crippen LogP contribution >= 0.6 is 0 Å². The summed E-state index contributed by atoms with van der Waals surface area (Å²) in [4.78, 5) is 0. The Kier molecular flexibility index (Phi) is 2.52. The second-order valence-corrected chi connectivity index (χ2v) is 2.29. The van der Waals surface area contributed by atoms with Gasteiger partial charge < -0.3 is 0 Å². The van der Waals surface area contributed by atoms with Crippen LogP contribution in [0, 0.1) is 12.3 Å². The van der Waals surface area contributed by atoms with Gasteiger partial charge in [-0.3, -0.25) is 0 Å². The average molecular weight is 142 g/mol. The van der Waals surface area contributed by atoms with Crippen LogP contribution in [-0.4, -0.2) is 0 Å². The summed E-state index contributed by atoms with van der Waals surface area (Å²) < 4.78 is 0. The smallest absolute Gasteiger partial charge is 0.0627 e. The first-order chi connectivity index (χ1) is 5.38. The van der Waals surface area contributed by atoms with Crippen LogP contribution in [0.1, 0.15) is 11.5 Å². The highest BCUT2D eigenvalue weighted by atomic mass is 14.0. The quantitative estimate of drug-likeness (QED) is 0.440. The number of rotatable bonds is 2.